The van der Waals surface area contributed by atoms with Crippen LogP contribution in [0.5, 0.6) is 0 Å². The van der Waals surface area contributed by atoms with E-state index in [0.717, 1.165) is 67.0 Å². The minimum absolute atomic E-state index is 0.0728. The summed E-state index contributed by atoms with van der Waals surface area (Å²) in [5.41, 5.74) is 0. The Kier molecular flexibility index (Phi) is 9.51. The first-order valence-electron chi connectivity index (χ1n) is 12.0. The van der Waals surface area contributed by atoms with Crippen LogP contribution in [-0.2, 0) is 16.1 Å². The molecule has 1 aromatic heterocycles. The number of anilines is 2. The standard InChI is InChI=1S/C22H37N5O4S2/c1-15(2)24-19(28)14-26(33(30)31)20-13-23-21(32-20)25-22(29)27(17-7-5-4-6-8-17)18-11-9-16(3)10-12-18/h13,15-18H,4-12,14H2,1-3H3,(H,24,28)(H,30,31)(H,23,25,29). The molecule has 2 aliphatic carbocycles. The van der Waals surface area contributed by atoms with Gasteiger partial charge in [-0.2, -0.15) is 0 Å². The quantitative estimate of drug-likeness (QED) is 0.460. The highest BCUT2D eigenvalue weighted by Crippen LogP contribution is 2.34. The minimum Gasteiger partial charge on any atom is -0.352 e. The van der Waals surface area contributed by atoms with Crippen LogP contribution in [0.3, 0.4) is 0 Å². The maximum atomic E-state index is 13.4. The van der Waals surface area contributed by atoms with E-state index in [9.17, 15) is 18.4 Å². The average molecular weight is 500 g/mol. The van der Waals surface area contributed by atoms with Crippen molar-refractivity contribution in [1.29, 1.82) is 0 Å². The van der Waals surface area contributed by atoms with E-state index >= 15 is 0 Å². The van der Waals surface area contributed by atoms with Crippen LogP contribution >= 0.6 is 11.3 Å². The first kappa shape index (κ1) is 25.9. The zero-order valence-corrected chi connectivity index (χ0v) is 21.4. The Bertz CT molecular complexity index is 819. The third-order valence-corrected chi connectivity index (χ3v) is 8.21. The van der Waals surface area contributed by atoms with Gasteiger partial charge in [-0.25, -0.2) is 18.3 Å². The van der Waals surface area contributed by atoms with Crippen LogP contribution in [-0.4, -0.2) is 55.3 Å². The third-order valence-electron chi connectivity index (χ3n) is 6.46. The summed E-state index contributed by atoms with van der Waals surface area (Å²) in [4.78, 5) is 31.8. The second kappa shape index (κ2) is 12.1. The highest BCUT2D eigenvalue weighted by molar-refractivity contribution is 7.81. The minimum atomic E-state index is -2.39. The van der Waals surface area contributed by atoms with Gasteiger partial charge in [-0.1, -0.05) is 37.5 Å². The van der Waals surface area contributed by atoms with Gasteiger partial charge in [0, 0.05) is 18.1 Å². The van der Waals surface area contributed by atoms with Crippen molar-refractivity contribution >= 4 is 44.7 Å². The maximum absolute atomic E-state index is 13.4. The molecule has 1 heterocycles. The molecular formula is C22H37N5O4S2. The zero-order chi connectivity index (χ0) is 24.0. The van der Waals surface area contributed by atoms with Crippen molar-refractivity contribution in [3.8, 4) is 0 Å². The molecule has 1 aromatic rings. The van der Waals surface area contributed by atoms with Gasteiger partial charge in [0.05, 0.1) is 6.20 Å². The van der Waals surface area contributed by atoms with Crippen LogP contribution in [0.15, 0.2) is 6.20 Å². The van der Waals surface area contributed by atoms with Gasteiger partial charge in [0.2, 0.25) is 5.91 Å². The average Bonchev–Trinajstić information content (AvgIpc) is 3.21. The molecule has 0 aromatic carbocycles. The Morgan fingerprint density at radius 2 is 1.79 bits per heavy atom. The zero-order valence-electron chi connectivity index (χ0n) is 19.8. The lowest BCUT2D eigenvalue weighted by Crippen LogP contribution is -2.51. The molecule has 1 atom stereocenters. The lowest BCUT2D eigenvalue weighted by molar-refractivity contribution is -0.120. The highest BCUT2D eigenvalue weighted by atomic mass is 32.2. The normalized spacial score (nSPS) is 22.6. The number of aromatic nitrogens is 1. The van der Waals surface area contributed by atoms with Crippen molar-refractivity contribution in [3.63, 3.8) is 0 Å². The summed E-state index contributed by atoms with van der Waals surface area (Å²) in [6, 6.07) is 0.274. The Morgan fingerprint density at radius 1 is 1.15 bits per heavy atom. The van der Waals surface area contributed by atoms with E-state index in [0.29, 0.717) is 16.1 Å². The Labute approximate surface area is 203 Å². The van der Waals surface area contributed by atoms with Crippen molar-refractivity contribution < 1.29 is 18.4 Å². The summed E-state index contributed by atoms with van der Waals surface area (Å²) in [6.45, 7) is 5.65. The fourth-order valence-electron chi connectivity index (χ4n) is 4.81. The Balaban J connectivity index is 1.70. The van der Waals surface area contributed by atoms with E-state index in [2.05, 4.69) is 27.4 Å². The van der Waals surface area contributed by atoms with E-state index in [1.807, 2.05) is 13.8 Å². The molecule has 2 aliphatic rings. The van der Waals surface area contributed by atoms with Gasteiger partial charge in [-0.15, -0.1) is 0 Å². The van der Waals surface area contributed by atoms with Crippen molar-refractivity contribution in [1.82, 2.24) is 15.2 Å². The molecule has 0 aliphatic heterocycles. The molecule has 186 valence electrons. The number of urea groups is 1. The smallest absolute Gasteiger partial charge is 0.324 e. The van der Waals surface area contributed by atoms with Crippen LogP contribution in [0.1, 0.15) is 78.6 Å². The predicted octanol–water partition coefficient (Wildman–Crippen LogP) is 4.36. The molecular weight excluding hydrogens is 462 g/mol. The van der Waals surface area contributed by atoms with Gasteiger partial charge in [-0.3, -0.25) is 14.7 Å². The fourth-order valence-corrected chi connectivity index (χ4v) is 6.26. The van der Waals surface area contributed by atoms with Gasteiger partial charge >= 0.3 is 6.03 Å². The number of rotatable bonds is 8. The Morgan fingerprint density at radius 3 is 2.39 bits per heavy atom. The molecule has 2 saturated carbocycles. The van der Waals surface area contributed by atoms with Gasteiger partial charge in [0.15, 0.2) is 5.13 Å². The maximum Gasteiger partial charge on any atom is 0.324 e. The summed E-state index contributed by atoms with van der Waals surface area (Å²) >= 11 is -1.30. The molecule has 0 spiro atoms. The van der Waals surface area contributed by atoms with Crippen LogP contribution in [0.4, 0.5) is 14.9 Å². The first-order valence-corrected chi connectivity index (χ1v) is 13.9. The van der Waals surface area contributed by atoms with Crippen LogP contribution in [0.25, 0.3) is 0 Å². The summed E-state index contributed by atoms with van der Waals surface area (Å²) in [5.74, 6) is 0.346. The summed E-state index contributed by atoms with van der Waals surface area (Å²) in [5, 5.41) is 6.35. The molecule has 1 unspecified atom stereocenters. The van der Waals surface area contributed by atoms with E-state index in [1.165, 1.54) is 12.6 Å². The second-order valence-electron chi connectivity index (χ2n) is 9.54. The molecule has 0 bridgehead atoms. The van der Waals surface area contributed by atoms with Crippen molar-refractivity contribution in [3.05, 3.63) is 6.20 Å². The summed E-state index contributed by atoms with van der Waals surface area (Å²) < 4.78 is 22.6. The number of hydrogen-bond acceptors (Lipinski definition) is 5. The molecule has 0 radical (unpaired) electrons. The van der Waals surface area contributed by atoms with Crippen LogP contribution in [0, 0.1) is 5.92 Å². The number of nitrogens with zero attached hydrogens (tertiary/aromatic N) is 3. The molecule has 33 heavy (non-hydrogen) atoms. The fraction of sp³-hybridized carbons (Fsp3) is 0.773. The number of amides is 3. The molecule has 9 nitrogen and oxygen atoms in total. The molecule has 3 amide bonds. The first-order chi connectivity index (χ1) is 15.7. The number of nitrogens with one attached hydrogen (secondary N) is 2. The van der Waals surface area contributed by atoms with E-state index in [-0.39, 0.29) is 36.6 Å². The number of thiazole rings is 1. The molecule has 11 heteroatoms. The lowest BCUT2D eigenvalue weighted by Gasteiger charge is -2.42. The number of hydrogen-bond donors (Lipinski definition) is 3. The Hall–Kier alpha value is -1.72. The van der Waals surface area contributed by atoms with Crippen molar-refractivity contribution in [2.75, 3.05) is 16.2 Å². The largest absolute Gasteiger partial charge is 0.352 e. The van der Waals surface area contributed by atoms with E-state index < -0.39 is 11.3 Å². The van der Waals surface area contributed by atoms with Gasteiger partial charge in [0.1, 0.15) is 11.5 Å². The molecule has 0 saturated heterocycles. The SMILES string of the molecule is CC1CCC(N(C(=O)Nc2ncc(N(CC(=O)NC(C)C)S(=O)O)s2)C2CCCCC2)CC1. The predicted molar refractivity (Wildman–Crippen MR) is 133 cm³/mol. The third kappa shape index (κ3) is 7.38. The molecule has 2 fully saturated rings. The lowest BCUT2D eigenvalue weighted by atomic mass is 9.84. The van der Waals surface area contributed by atoms with E-state index in [1.54, 1.807) is 0 Å². The number of carbonyl (C=O) groups is 2. The molecule has 3 N–H and O–H groups in total. The summed E-state index contributed by atoms with van der Waals surface area (Å²) in [6.07, 6.45) is 11.3. The topological polar surface area (TPSA) is 115 Å². The van der Waals surface area contributed by atoms with Gasteiger partial charge in [0.25, 0.3) is 11.3 Å². The van der Waals surface area contributed by atoms with Crippen molar-refractivity contribution in [2.45, 2.75) is 96.7 Å². The monoisotopic (exact) mass is 499 g/mol. The van der Waals surface area contributed by atoms with Crippen molar-refractivity contribution in [2.24, 2.45) is 5.92 Å². The second-order valence-corrected chi connectivity index (χ2v) is 11.4. The summed E-state index contributed by atoms with van der Waals surface area (Å²) in [7, 11) is 0. The van der Waals surface area contributed by atoms with Gasteiger partial charge in [-0.05, 0) is 58.3 Å². The highest BCUT2D eigenvalue weighted by Gasteiger charge is 2.34. The van der Waals surface area contributed by atoms with Crippen LogP contribution < -0.4 is 14.9 Å². The van der Waals surface area contributed by atoms with Crippen LogP contribution in [0.2, 0.25) is 0 Å². The van der Waals surface area contributed by atoms with Gasteiger partial charge < -0.3 is 10.2 Å². The molecule has 3 rings (SSSR count). The number of carbonyl (C=O) groups excluding carboxylic acids is 2. The van der Waals surface area contributed by atoms with E-state index in [4.69, 9.17) is 0 Å².